The number of para-hydroxylation sites is 1. The predicted octanol–water partition coefficient (Wildman–Crippen LogP) is 4.17. The molecule has 4 nitrogen and oxygen atoms in total. The van der Waals surface area contributed by atoms with Gasteiger partial charge < -0.3 is 0 Å². The van der Waals surface area contributed by atoms with Crippen LogP contribution in [0.25, 0.3) is 32.7 Å². The summed E-state index contributed by atoms with van der Waals surface area (Å²) < 4.78 is 4.17. The molecule has 27 heavy (non-hydrogen) atoms. The molecule has 0 saturated carbocycles. The molecular formula is C23H20N4+2. The molecule has 2 heterocycles. The van der Waals surface area contributed by atoms with Crippen molar-refractivity contribution in [1.82, 2.24) is 4.98 Å². The lowest BCUT2D eigenvalue weighted by Crippen LogP contribution is -2.35. The minimum atomic E-state index is 0.627. The summed E-state index contributed by atoms with van der Waals surface area (Å²) in [6, 6.07) is 18.2. The van der Waals surface area contributed by atoms with Crippen molar-refractivity contribution in [3.8, 4) is 16.9 Å². The van der Waals surface area contributed by atoms with Gasteiger partial charge in [-0.3, -0.25) is 0 Å². The number of pyridine rings is 1. The van der Waals surface area contributed by atoms with Gasteiger partial charge in [-0.2, -0.15) is 4.57 Å². The van der Waals surface area contributed by atoms with E-state index in [4.69, 9.17) is 6.57 Å². The van der Waals surface area contributed by atoms with Crippen LogP contribution in [-0.4, -0.2) is 4.98 Å². The highest BCUT2D eigenvalue weighted by atomic mass is 15.0. The van der Waals surface area contributed by atoms with Gasteiger partial charge in [-0.15, -0.1) is 0 Å². The summed E-state index contributed by atoms with van der Waals surface area (Å²) >= 11 is 0. The van der Waals surface area contributed by atoms with E-state index in [2.05, 4.69) is 40.4 Å². The summed E-state index contributed by atoms with van der Waals surface area (Å²) in [5, 5.41) is 1.08. The highest BCUT2D eigenvalue weighted by Crippen LogP contribution is 2.32. The molecule has 4 aromatic rings. The van der Waals surface area contributed by atoms with Crippen LogP contribution >= 0.6 is 0 Å². The monoisotopic (exact) mass is 352 g/mol. The Balaban J connectivity index is 2.10. The molecule has 0 N–H and O–H groups in total. The van der Waals surface area contributed by atoms with Crippen molar-refractivity contribution in [1.29, 1.82) is 0 Å². The maximum Gasteiger partial charge on any atom is 0.287 e. The van der Waals surface area contributed by atoms with Crippen LogP contribution < -0.4 is 9.13 Å². The minimum absolute atomic E-state index is 0.627. The number of hydrogen-bond donors (Lipinski definition) is 0. The first-order chi connectivity index (χ1) is 13.1. The summed E-state index contributed by atoms with van der Waals surface area (Å²) in [5.74, 6) is 0. The van der Waals surface area contributed by atoms with Gasteiger partial charge >= 0.3 is 0 Å². The number of aromatic nitrogens is 3. The van der Waals surface area contributed by atoms with Gasteiger partial charge in [-0.05, 0) is 30.1 Å². The Bertz CT molecular complexity index is 1220. The van der Waals surface area contributed by atoms with E-state index >= 15 is 0 Å². The van der Waals surface area contributed by atoms with Gasteiger partial charge in [0.2, 0.25) is 5.69 Å². The Hall–Kier alpha value is -3.58. The van der Waals surface area contributed by atoms with Crippen molar-refractivity contribution in [3.05, 3.63) is 89.8 Å². The van der Waals surface area contributed by atoms with E-state index in [-0.39, 0.29) is 0 Å². The molecule has 0 unspecified atom stereocenters. The zero-order valence-corrected chi connectivity index (χ0v) is 15.6. The van der Waals surface area contributed by atoms with Crippen LogP contribution in [0.1, 0.15) is 11.3 Å². The fraction of sp³-hybridized carbons (Fsp3) is 0.130. The van der Waals surface area contributed by atoms with Gasteiger partial charge in [0.15, 0.2) is 23.1 Å². The highest BCUT2D eigenvalue weighted by Gasteiger charge is 2.23. The van der Waals surface area contributed by atoms with Crippen LogP contribution in [-0.2, 0) is 7.05 Å². The van der Waals surface area contributed by atoms with Crippen molar-refractivity contribution >= 4 is 16.6 Å². The average Bonchev–Trinajstić information content (AvgIpc) is 2.69. The Morgan fingerprint density at radius 1 is 1.00 bits per heavy atom. The van der Waals surface area contributed by atoms with E-state index in [9.17, 15) is 0 Å². The smallest absolute Gasteiger partial charge is 0.238 e. The average molecular weight is 352 g/mol. The Labute approximate surface area is 158 Å². The molecule has 4 heteroatoms. The maximum absolute atomic E-state index is 7.60. The van der Waals surface area contributed by atoms with Crippen LogP contribution in [0.15, 0.2) is 67.1 Å². The minimum Gasteiger partial charge on any atom is -0.238 e. The van der Waals surface area contributed by atoms with Crippen molar-refractivity contribution in [3.63, 3.8) is 0 Å². The number of fused-ring (bicyclic) bond motifs is 1. The Kier molecular flexibility index (Phi) is 4.13. The van der Waals surface area contributed by atoms with Crippen LogP contribution in [0.2, 0.25) is 0 Å². The van der Waals surface area contributed by atoms with E-state index < -0.39 is 0 Å². The first-order valence-electron chi connectivity index (χ1n) is 8.83. The molecule has 4 rings (SSSR count). The normalized spacial score (nSPS) is 10.7. The Morgan fingerprint density at radius 2 is 1.78 bits per heavy atom. The topological polar surface area (TPSA) is 25.0 Å². The zero-order chi connectivity index (χ0) is 19.0. The molecule has 0 aliphatic rings. The van der Waals surface area contributed by atoms with E-state index in [0.717, 1.165) is 39.1 Å². The summed E-state index contributed by atoms with van der Waals surface area (Å²) in [7, 11) is 2.00. The lowest BCUT2D eigenvalue weighted by atomic mass is 9.98. The molecule has 0 radical (unpaired) electrons. The summed E-state index contributed by atoms with van der Waals surface area (Å²) in [5.41, 5.74) is 6.98. The third-order valence-electron chi connectivity index (χ3n) is 4.95. The second-order valence-electron chi connectivity index (χ2n) is 6.68. The van der Waals surface area contributed by atoms with Gasteiger partial charge in [0.25, 0.3) is 6.33 Å². The number of benzene rings is 2. The first kappa shape index (κ1) is 16.9. The molecule has 2 aromatic heterocycles. The molecule has 0 atom stereocenters. The molecule has 0 bridgehead atoms. The second-order valence-corrected chi connectivity index (χ2v) is 6.68. The van der Waals surface area contributed by atoms with Gasteiger partial charge in [0.1, 0.15) is 5.69 Å². The number of nitrogens with zero attached hydrogens (tertiary/aromatic N) is 4. The summed E-state index contributed by atoms with van der Waals surface area (Å²) in [4.78, 5) is 8.27. The zero-order valence-electron chi connectivity index (χ0n) is 15.6. The molecule has 2 aromatic carbocycles. The SMILES string of the molecule is [C-]#[N+]c1cc(-c2c3ccccc3nc[n+]2C)c(C)c(-[n+]2ccccc2C)c1. The van der Waals surface area contributed by atoms with Crippen LogP contribution in [0, 0.1) is 20.4 Å². The third-order valence-corrected chi connectivity index (χ3v) is 4.95. The van der Waals surface area contributed by atoms with Gasteiger partial charge in [0, 0.05) is 36.2 Å². The second kappa shape index (κ2) is 6.62. The Morgan fingerprint density at radius 3 is 2.56 bits per heavy atom. The van der Waals surface area contributed by atoms with Crippen molar-refractivity contribution < 1.29 is 9.13 Å². The lowest BCUT2D eigenvalue weighted by Gasteiger charge is -2.11. The van der Waals surface area contributed by atoms with Crippen LogP contribution in [0.3, 0.4) is 0 Å². The quantitative estimate of drug-likeness (QED) is 0.393. The summed E-state index contributed by atoms with van der Waals surface area (Å²) in [6.07, 6.45) is 3.88. The molecular weight excluding hydrogens is 332 g/mol. The fourth-order valence-electron chi connectivity index (χ4n) is 3.56. The van der Waals surface area contributed by atoms with Gasteiger partial charge in [0.05, 0.1) is 19.0 Å². The largest absolute Gasteiger partial charge is 0.287 e. The van der Waals surface area contributed by atoms with E-state index in [1.54, 1.807) is 0 Å². The number of hydrogen-bond acceptors (Lipinski definition) is 1. The van der Waals surface area contributed by atoms with Crippen molar-refractivity contribution in [2.75, 3.05) is 0 Å². The molecule has 0 fully saturated rings. The molecule has 0 amide bonds. The third kappa shape index (κ3) is 2.84. The first-order valence-corrected chi connectivity index (χ1v) is 8.83. The lowest BCUT2D eigenvalue weighted by molar-refractivity contribution is -0.662. The van der Waals surface area contributed by atoms with Crippen molar-refractivity contribution in [2.45, 2.75) is 13.8 Å². The van der Waals surface area contributed by atoms with Crippen LogP contribution in [0.5, 0.6) is 0 Å². The highest BCUT2D eigenvalue weighted by molar-refractivity contribution is 5.92. The van der Waals surface area contributed by atoms with Crippen molar-refractivity contribution in [2.24, 2.45) is 7.05 Å². The molecule has 0 saturated heterocycles. The fourth-order valence-corrected chi connectivity index (χ4v) is 3.56. The predicted molar refractivity (Wildman–Crippen MR) is 106 cm³/mol. The molecule has 130 valence electrons. The summed E-state index contributed by atoms with van der Waals surface area (Å²) in [6.45, 7) is 11.8. The number of aryl methyl sites for hydroxylation is 2. The number of rotatable bonds is 2. The van der Waals surface area contributed by atoms with E-state index in [0.29, 0.717) is 5.69 Å². The molecule has 0 aliphatic heterocycles. The van der Waals surface area contributed by atoms with Gasteiger partial charge in [-0.1, -0.05) is 18.2 Å². The van der Waals surface area contributed by atoms with E-state index in [1.165, 1.54) is 0 Å². The van der Waals surface area contributed by atoms with E-state index in [1.807, 2.05) is 66.6 Å². The standard InChI is InChI=1S/C23H20N4/c1-16-9-7-8-12-27(16)22-14-18(24-3)13-20(17(22)2)23-19-10-5-6-11-21(19)25-15-26(23)4/h5-15H,1-2,4H3/q+2. The van der Waals surface area contributed by atoms with Gasteiger partial charge in [-0.25, -0.2) is 9.41 Å². The molecule has 0 spiro atoms. The maximum atomic E-state index is 7.60. The van der Waals surface area contributed by atoms with Crippen LogP contribution in [0.4, 0.5) is 5.69 Å². The molecule has 0 aliphatic carbocycles.